The highest BCUT2D eigenvalue weighted by Gasteiger charge is 1.99. The summed E-state index contributed by atoms with van der Waals surface area (Å²) in [5.74, 6) is 0. The van der Waals surface area contributed by atoms with Crippen LogP contribution in [0.4, 0.5) is 5.13 Å². The van der Waals surface area contributed by atoms with Crippen LogP contribution in [0.25, 0.3) is 0 Å². The number of aryl methyl sites for hydroxylation is 2. The summed E-state index contributed by atoms with van der Waals surface area (Å²) in [4.78, 5) is -0.178. The van der Waals surface area contributed by atoms with Gasteiger partial charge in [-0.25, -0.2) is 13.0 Å². The zero-order chi connectivity index (χ0) is 14.5. The van der Waals surface area contributed by atoms with Crippen molar-refractivity contribution in [3.05, 3.63) is 41.4 Å². The predicted octanol–water partition coefficient (Wildman–Crippen LogP) is 1.54. The number of anilines is 1. The van der Waals surface area contributed by atoms with Gasteiger partial charge in [0, 0.05) is 5.38 Å². The Morgan fingerprint density at radius 1 is 1.32 bits per heavy atom. The van der Waals surface area contributed by atoms with Crippen molar-refractivity contribution >= 4 is 26.6 Å². The van der Waals surface area contributed by atoms with Crippen LogP contribution in [-0.2, 0) is 16.7 Å². The first-order valence-corrected chi connectivity index (χ1v) is 7.88. The van der Waals surface area contributed by atoms with Gasteiger partial charge in [-0.15, -0.1) is 0 Å². The molecule has 0 saturated heterocycles. The predicted molar refractivity (Wildman–Crippen MR) is 73.7 cm³/mol. The van der Waals surface area contributed by atoms with Crippen LogP contribution in [0.15, 0.2) is 40.7 Å². The molecular formula is C12H16N2O3S2. The number of nitrogen functional groups attached to an aromatic ring is 1. The third-order valence-corrected chi connectivity index (χ3v) is 3.95. The van der Waals surface area contributed by atoms with Gasteiger partial charge in [0.15, 0.2) is 0 Å². The quantitative estimate of drug-likeness (QED) is 0.673. The molecule has 7 heteroatoms. The average Bonchev–Trinajstić information content (AvgIpc) is 2.75. The Balaban J connectivity index is 0.000000200. The SMILES string of the molecule is CC[n+]1ccsc1N.Cc1ccc(S(=O)(=O)[O-])cc1. The molecule has 104 valence electrons. The number of nitrogens with two attached hydrogens (primary N) is 1. The average molecular weight is 300 g/mol. The van der Waals surface area contributed by atoms with Crippen LogP contribution in [0.2, 0.25) is 0 Å². The van der Waals surface area contributed by atoms with E-state index >= 15 is 0 Å². The Hall–Kier alpha value is -1.44. The van der Waals surface area contributed by atoms with E-state index in [2.05, 4.69) is 6.92 Å². The molecule has 5 nitrogen and oxygen atoms in total. The van der Waals surface area contributed by atoms with Gasteiger partial charge in [-0.3, -0.25) is 5.73 Å². The van der Waals surface area contributed by atoms with Crippen LogP contribution in [0.1, 0.15) is 12.5 Å². The Morgan fingerprint density at radius 3 is 2.21 bits per heavy atom. The second kappa shape index (κ2) is 6.65. The van der Waals surface area contributed by atoms with Gasteiger partial charge in [-0.1, -0.05) is 29.0 Å². The third-order valence-electron chi connectivity index (χ3n) is 2.36. The summed E-state index contributed by atoms with van der Waals surface area (Å²) in [6, 6.07) is 5.78. The standard InChI is InChI=1S/C7H8O3S.C5H8N2S/c1-6-2-4-7(5-3-6)11(8,9)10;1-2-7-3-4-8-5(7)6/h2-5H,1H3,(H,8,9,10);3-4,6H,2H2,1H3. The molecule has 2 N–H and O–H groups in total. The lowest BCUT2D eigenvalue weighted by atomic mass is 10.2. The fraction of sp³-hybridized carbons (Fsp3) is 0.250. The molecule has 1 aromatic heterocycles. The van der Waals surface area contributed by atoms with Gasteiger partial charge in [0.05, 0.1) is 11.4 Å². The van der Waals surface area contributed by atoms with Crippen LogP contribution in [0, 0.1) is 6.92 Å². The molecule has 0 spiro atoms. The van der Waals surface area contributed by atoms with Crippen LogP contribution in [0.3, 0.4) is 0 Å². The Morgan fingerprint density at radius 2 is 1.89 bits per heavy atom. The van der Waals surface area contributed by atoms with Crippen molar-refractivity contribution < 1.29 is 17.5 Å². The maximum atomic E-state index is 10.4. The van der Waals surface area contributed by atoms with Crippen molar-refractivity contribution in [1.29, 1.82) is 0 Å². The number of rotatable bonds is 2. The summed E-state index contributed by atoms with van der Waals surface area (Å²) in [5, 5.41) is 2.87. The first-order chi connectivity index (χ1) is 8.84. The van der Waals surface area contributed by atoms with Crippen molar-refractivity contribution in [3.8, 4) is 0 Å². The first-order valence-electron chi connectivity index (χ1n) is 5.59. The molecule has 0 aliphatic heterocycles. The highest BCUT2D eigenvalue weighted by molar-refractivity contribution is 7.85. The number of hydrogen-bond acceptors (Lipinski definition) is 5. The number of thiazole rings is 1. The summed E-state index contributed by atoms with van der Waals surface area (Å²) in [7, 11) is -4.27. The summed E-state index contributed by atoms with van der Waals surface area (Å²) in [6.07, 6.45) is 1.99. The van der Waals surface area contributed by atoms with Crippen molar-refractivity contribution in [2.45, 2.75) is 25.3 Å². The highest BCUT2D eigenvalue weighted by Crippen LogP contribution is 2.08. The Bertz CT molecular complexity index is 619. The molecule has 0 aliphatic rings. The number of aromatic nitrogens is 1. The maximum absolute atomic E-state index is 10.4. The van der Waals surface area contributed by atoms with Crippen LogP contribution in [-0.4, -0.2) is 13.0 Å². The molecule has 0 amide bonds. The lowest BCUT2D eigenvalue weighted by Gasteiger charge is -2.05. The monoisotopic (exact) mass is 300 g/mol. The largest absolute Gasteiger partial charge is 0.744 e. The lowest BCUT2D eigenvalue weighted by Crippen LogP contribution is -2.32. The molecule has 0 aliphatic carbocycles. The molecule has 1 heterocycles. The summed E-state index contributed by atoms with van der Waals surface area (Å²) < 4.78 is 33.2. The fourth-order valence-corrected chi connectivity index (χ4v) is 2.42. The van der Waals surface area contributed by atoms with E-state index in [4.69, 9.17) is 5.73 Å². The molecule has 0 bridgehead atoms. The number of hydrogen-bond donors (Lipinski definition) is 1. The molecule has 0 radical (unpaired) electrons. The summed E-state index contributed by atoms with van der Waals surface area (Å²) in [5.41, 5.74) is 6.46. The first kappa shape index (κ1) is 15.6. The minimum absolute atomic E-state index is 0.178. The molecule has 1 aromatic carbocycles. The molecule has 0 fully saturated rings. The van der Waals surface area contributed by atoms with Gasteiger partial charge in [-0.05, 0) is 26.0 Å². The van der Waals surface area contributed by atoms with E-state index in [1.165, 1.54) is 12.1 Å². The van der Waals surface area contributed by atoms with Gasteiger partial charge < -0.3 is 4.55 Å². The smallest absolute Gasteiger partial charge is 0.331 e. The van der Waals surface area contributed by atoms with Gasteiger partial charge in [0.1, 0.15) is 16.3 Å². The minimum atomic E-state index is -4.27. The normalized spacial score (nSPS) is 10.7. The van der Waals surface area contributed by atoms with Gasteiger partial charge in [0.2, 0.25) is 0 Å². The van der Waals surface area contributed by atoms with Crippen molar-refractivity contribution in [1.82, 2.24) is 0 Å². The van der Waals surface area contributed by atoms with E-state index in [0.29, 0.717) is 0 Å². The van der Waals surface area contributed by atoms with Crippen molar-refractivity contribution in [2.24, 2.45) is 0 Å². The number of nitrogens with zero attached hydrogens (tertiary/aromatic N) is 1. The number of benzene rings is 1. The van der Waals surface area contributed by atoms with E-state index in [1.807, 2.05) is 23.1 Å². The minimum Gasteiger partial charge on any atom is -0.744 e. The molecule has 0 saturated carbocycles. The van der Waals surface area contributed by atoms with Crippen molar-refractivity contribution in [2.75, 3.05) is 5.73 Å². The van der Waals surface area contributed by atoms with Crippen LogP contribution < -0.4 is 10.3 Å². The second-order valence-electron chi connectivity index (χ2n) is 3.79. The molecular weight excluding hydrogens is 284 g/mol. The van der Waals surface area contributed by atoms with Gasteiger partial charge in [-0.2, -0.15) is 0 Å². The zero-order valence-electron chi connectivity index (χ0n) is 10.7. The molecule has 19 heavy (non-hydrogen) atoms. The molecule has 0 unspecified atom stereocenters. The Kier molecular flexibility index (Phi) is 5.46. The maximum Gasteiger partial charge on any atom is 0.331 e. The molecule has 0 atom stereocenters. The fourth-order valence-electron chi connectivity index (χ4n) is 1.28. The van der Waals surface area contributed by atoms with E-state index in [1.54, 1.807) is 23.5 Å². The van der Waals surface area contributed by atoms with E-state index in [9.17, 15) is 13.0 Å². The van der Waals surface area contributed by atoms with E-state index < -0.39 is 10.1 Å². The van der Waals surface area contributed by atoms with E-state index in [0.717, 1.165) is 17.2 Å². The van der Waals surface area contributed by atoms with E-state index in [-0.39, 0.29) is 4.90 Å². The highest BCUT2D eigenvalue weighted by atomic mass is 32.2. The summed E-state index contributed by atoms with van der Waals surface area (Å²) in [6.45, 7) is 4.86. The lowest BCUT2D eigenvalue weighted by molar-refractivity contribution is -0.675. The molecule has 2 aromatic rings. The second-order valence-corrected chi connectivity index (χ2v) is 6.10. The zero-order valence-corrected chi connectivity index (χ0v) is 12.4. The van der Waals surface area contributed by atoms with Gasteiger partial charge >= 0.3 is 5.13 Å². The Labute approximate surface area is 117 Å². The topological polar surface area (TPSA) is 87.1 Å². The van der Waals surface area contributed by atoms with Crippen LogP contribution >= 0.6 is 11.3 Å². The summed E-state index contributed by atoms with van der Waals surface area (Å²) >= 11 is 1.57. The molecule has 2 rings (SSSR count). The van der Waals surface area contributed by atoms with Crippen LogP contribution in [0.5, 0.6) is 0 Å². The third kappa shape index (κ3) is 4.98. The van der Waals surface area contributed by atoms with Crippen molar-refractivity contribution in [3.63, 3.8) is 0 Å². The van der Waals surface area contributed by atoms with Gasteiger partial charge in [0.25, 0.3) is 0 Å².